The number of fused-ring (bicyclic) bond motifs is 2. The molecule has 0 radical (unpaired) electrons. The van der Waals surface area contributed by atoms with E-state index in [1.54, 1.807) is 18.2 Å². The fourth-order valence-corrected chi connectivity index (χ4v) is 3.56. The summed E-state index contributed by atoms with van der Waals surface area (Å²) in [5.74, 6) is 0.515. The smallest absolute Gasteiger partial charge is 0.260 e. The number of anilines is 2. The van der Waals surface area contributed by atoms with Gasteiger partial charge >= 0.3 is 0 Å². The quantitative estimate of drug-likeness (QED) is 0.658. The summed E-state index contributed by atoms with van der Waals surface area (Å²) in [5, 5.41) is 3.09. The first kappa shape index (κ1) is 16.8. The fraction of sp³-hybridized carbons (Fsp3) is 0.333. The first-order chi connectivity index (χ1) is 12.5. The lowest BCUT2D eigenvalue weighted by Crippen LogP contribution is -2.36. The van der Waals surface area contributed by atoms with E-state index in [4.69, 9.17) is 16.3 Å². The van der Waals surface area contributed by atoms with E-state index in [0.29, 0.717) is 29.2 Å². The molecule has 26 heavy (non-hydrogen) atoms. The van der Waals surface area contributed by atoms with Crippen molar-refractivity contribution in [1.29, 1.82) is 0 Å². The molecule has 2 aliphatic heterocycles. The zero-order chi connectivity index (χ0) is 18.3. The van der Waals surface area contributed by atoms with Gasteiger partial charge in [0.25, 0.3) is 5.91 Å². The molecule has 1 N–H and O–H groups in total. The molecule has 0 spiro atoms. The number of nitrogens with zero attached hydrogens (tertiary/aromatic N) is 3. The number of ether oxygens (including phenoxy) is 1. The molecule has 0 bridgehead atoms. The normalized spacial score (nSPS) is 18.6. The maximum Gasteiger partial charge on any atom is 0.260 e. The fourth-order valence-electron chi connectivity index (χ4n) is 3.42. The number of nitrogens with one attached hydrogen (secondary N) is 1. The van der Waals surface area contributed by atoms with Gasteiger partial charge in [-0.25, -0.2) is 4.98 Å². The van der Waals surface area contributed by atoms with Crippen LogP contribution in [-0.2, 0) is 0 Å². The summed E-state index contributed by atoms with van der Waals surface area (Å²) in [4.78, 5) is 34.8. The number of carbonyl (C=O) groups is 2. The number of hydrogen-bond donors (Lipinski definition) is 1. The third-order valence-corrected chi connectivity index (χ3v) is 4.88. The Balaban J connectivity index is 1.77. The lowest BCUT2D eigenvalue weighted by Gasteiger charge is -2.21. The maximum absolute atomic E-state index is 13.1. The summed E-state index contributed by atoms with van der Waals surface area (Å²) in [6, 6.07) is 5.43. The Morgan fingerprint density at radius 2 is 2.27 bits per heavy atom. The van der Waals surface area contributed by atoms with E-state index in [1.807, 2.05) is 4.90 Å². The summed E-state index contributed by atoms with van der Waals surface area (Å²) in [5.41, 5.74) is 1.27. The highest BCUT2D eigenvalue weighted by molar-refractivity contribution is 6.28. The predicted octanol–water partition coefficient (Wildman–Crippen LogP) is 3.07. The Morgan fingerprint density at radius 1 is 1.42 bits per heavy atom. The molecule has 0 saturated carbocycles. The minimum atomic E-state index is -0.201. The van der Waals surface area contributed by atoms with Crippen LogP contribution in [0.1, 0.15) is 40.5 Å². The van der Waals surface area contributed by atoms with Gasteiger partial charge in [0.1, 0.15) is 23.7 Å². The first-order valence-electron chi connectivity index (χ1n) is 8.42. The third-order valence-electron chi connectivity index (χ3n) is 4.70. The van der Waals surface area contributed by atoms with E-state index >= 15 is 0 Å². The number of benzene rings is 1. The van der Waals surface area contributed by atoms with E-state index in [2.05, 4.69) is 15.3 Å². The average Bonchev–Trinajstić information content (AvgIpc) is 3.03. The molecule has 1 atom stereocenters. The number of aromatic nitrogens is 2. The monoisotopic (exact) mass is 372 g/mol. The van der Waals surface area contributed by atoms with Gasteiger partial charge in [0, 0.05) is 12.7 Å². The summed E-state index contributed by atoms with van der Waals surface area (Å²) < 4.78 is 5.88. The van der Waals surface area contributed by atoms with E-state index in [1.165, 1.54) is 13.1 Å². The van der Waals surface area contributed by atoms with Gasteiger partial charge in [0.2, 0.25) is 5.28 Å². The van der Waals surface area contributed by atoms with Crippen molar-refractivity contribution in [2.75, 3.05) is 18.5 Å². The van der Waals surface area contributed by atoms with Crippen LogP contribution in [0.25, 0.3) is 0 Å². The number of rotatable bonds is 3. The zero-order valence-corrected chi connectivity index (χ0v) is 14.9. The Bertz CT molecular complexity index is 902. The number of hydrogen-bond acceptors (Lipinski definition) is 6. The van der Waals surface area contributed by atoms with E-state index in [-0.39, 0.29) is 28.8 Å². The molecule has 2 aliphatic rings. The van der Waals surface area contributed by atoms with Gasteiger partial charge in [-0.15, -0.1) is 0 Å². The van der Waals surface area contributed by atoms with Crippen molar-refractivity contribution < 1.29 is 14.3 Å². The summed E-state index contributed by atoms with van der Waals surface area (Å²) in [6.07, 6.45) is 3.29. The van der Waals surface area contributed by atoms with E-state index in [9.17, 15) is 9.59 Å². The lowest BCUT2D eigenvalue weighted by molar-refractivity contribution is 0.0727. The molecular weight excluding hydrogens is 356 g/mol. The Hall–Kier alpha value is -2.67. The van der Waals surface area contributed by atoms with Crippen molar-refractivity contribution in [1.82, 2.24) is 14.9 Å². The molecule has 8 heteroatoms. The molecule has 1 aromatic heterocycles. The largest absolute Gasteiger partial charge is 0.491 e. The Kier molecular flexibility index (Phi) is 4.24. The van der Waals surface area contributed by atoms with Crippen molar-refractivity contribution in [3.8, 4) is 5.75 Å². The summed E-state index contributed by atoms with van der Waals surface area (Å²) in [7, 11) is 0. The van der Waals surface area contributed by atoms with Crippen LogP contribution in [0.15, 0.2) is 24.4 Å². The van der Waals surface area contributed by atoms with Gasteiger partial charge < -0.3 is 15.0 Å². The highest BCUT2D eigenvalue weighted by Gasteiger charge is 2.35. The molecule has 2 aromatic rings. The second-order valence-corrected chi connectivity index (χ2v) is 6.70. The highest BCUT2D eigenvalue weighted by atomic mass is 35.5. The molecule has 4 rings (SSSR count). The molecule has 0 aliphatic carbocycles. The van der Waals surface area contributed by atoms with Crippen LogP contribution in [-0.4, -0.2) is 45.8 Å². The SMILES string of the molecule is CC(=O)c1cnc(Cl)nc1Nc1cccc2c1C(=O)N1CCC[C@H]1CO2. The molecule has 0 unspecified atom stereocenters. The van der Waals surface area contributed by atoms with Crippen molar-refractivity contribution in [2.24, 2.45) is 0 Å². The molecule has 134 valence electrons. The van der Waals surface area contributed by atoms with Gasteiger partial charge in [-0.1, -0.05) is 6.07 Å². The van der Waals surface area contributed by atoms with Crippen LogP contribution >= 0.6 is 11.6 Å². The number of Topliss-reactive ketones (excluding diaryl/α,β-unsaturated/α-hetero) is 1. The maximum atomic E-state index is 13.1. The second kappa shape index (κ2) is 6.57. The van der Waals surface area contributed by atoms with Gasteiger partial charge in [-0.05, 0) is 43.5 Å². The number of amides is 1. The topological polar surface area (TPSA) is 84.4 Å². The third kappa shape index (κ3) is 2.88. The first-order valence-corrected chi connectivity index (χ1v) is 8.79. The molecule has 1 saturated heterocycles. The summed E-state index contributed by atoms with van der Waals surface area (Å²) >= 11 is 5.89. The van der Waals surface area contributed by atoms with Gasteiger partial charge in [0.15, 0.2) is 5.78 Å². The zero-order valence-electron chi connectivity index (χ0n) is 14.2. The number of halogens is 1. The van der Waals surface area contributed by atoms with Crippen LogP contribution < -0.4 is 10.1 Å². The standard InChI is InChI=1S/C18H17ClN4O3/c1-10(24)12-8-20-18(19)22-16(12)21-13-5-2-6-14-15(13)17(25)23-7-3-4-11(23)9-26-14/h2,5-6,8,11H,3-4,7,9H2,1H3,(H,20,21,22)/t11-/m0/s1. The van der Waals surface area contributed by atoms with Crippen molar-refractivity contribution >= 4 is 34.8 Å². The molecule has 1 aromatic carbocycles. The van der Waals surface area contributed by atoms with Gasteiger partial charge in [-0.2, -0.15) is 4.98 Å². The summed E-state index contributed by atoms with van der Waals surface area (Å²) in [6.45, 7) is 2.63. The Labute approximate surface area is 155 Å². The second-order valence-electron chi connectivity index (χ2n) is 6.37. The Morgan fingerprint density at radius 3 is 3.08 bits per heavy atom. The minimum absolute atomic E-state index is 0.0155. The molecule has 3 heterocycles. The van der Waals surface area contributed by atoms with Gasteiger partial charge in [-0.3, -0.25) is 9.59 Å². The number of carbonyl (C=O) groups excluding carboxylic acids is 2. The average molecular weight is 373 g/mol. The van der Waals surface area contributed by atoms with Crippen molar-refractivity contribution in [3.05, 3.63) is 40.8 Å². The minimum Gasteiger partial charge on any atom is -0.491 e. The molecule has 1 amide bonds. The highest BCUT2D eigenvalue weighted by Crippen LogP contribution is 2.35. The van der Waals surface area contributed by atoms with Crippen LogP contribution in [0.3, 0.4) is 0 Å². The molecule has 7 nitrogen and oxygen atoms in total. The van der Waals surface area contributed by atoms with Crippen LogP contribution in [0, 0.1) is 0 Å². The molecular formula is C18H17ClN4O3. The molecule has 1 fully saturated rings. The van der Waals surface area contributed by atoms with Crippen molar-refractivity contribution in [3.63, 3.8) is 0 Å². The van der Waals surface area contributed by atoms with Crippen molar-refractivity contribution in [2.45, 2.75) is 25.8 Å². The van der Waals surface area contributed by atoms with E-state index < -0.39 is 0 Å². The van der Waals surface area contributed by atoms with Crippen LogP contribution in [0.5, 0.6) is 5.75 Å². The number of ketones is 1. The van der Waals surface area contributed by atoms with Gasteiger partial charge in [0.05, 0.1) is 17.3 Å². The predicted molar refractivity (Wildman–Crippen MR) is 96.3 cm³/mol. The van der Waals surface area contributed by atoms with E-state index in [0.717, 1.165) is 19.4 Å². The van der Waals surface area contributed by atoms with Crippen LogP contribution in [0.4, 0.5) is 11.5 Å². The van der Waals surface area contributed by atoms with Crippen LogP contribution in [0.2, 0.25) is 5.28 Å². The lowest BCUT2D eigenvalue weighted by atomic mass is 10.1.